The average Bonchev–Trinajstić information content (AvgIpc) is 2.60. The highest BCUT2D eigenvalue weighted by Gasteiger charge is 2.22. The van der Waals surface area contributed by atoms with Crippen molar-refractivity contribution >= 4 is 11.8 Å². The summed E-state index contributed by atoms with van der Waals surface area (Å²) >= 11 is 0. The van der Waals surface area contributed by atoms with Gasteiger partial charge in [-0.05, 0) is 24.7 Å². The minimum Gasteiger partial charge on any atom is -0.352 e. The molecule has 1 aliphatic rings. The number of nitrogens with one attached hydrogen (secondary N) is 2. The molecule has 1 fully saturated rings. The minimum absolute atomic E-state index is 0.0163. The third-order valence-corrected chi connectivity index (χ3v) is 4.15. The van der Waals surface area contributed by atoms with Crippen LogP contribution in [-0.2, 0) is 9.59 Å². The Kier molecular flexibility index (Phi) is 6.99. The maximum Gasteiger partial charge on any atom is 0.239 e. The molecule has 1 rings (SSSR count). The molecule has 1 aliphatic carbocycles. The summed E-state index contributed by atoms with van der Waals surface area (Å²) in [5.74, 6) is 0.201. The fraction of sp³-hybridized carbons (Fsp3) is 0.867. The number of hydrogen-bond donors (Lipinski definition) is 3. The van der Waals surface area contributed by atoms with Gasteiger partial charge in [-0.1, -0.05) is 40.0 Å². The number of carbonyl (C=O) groups excluding carboxylic acids is 2. The van der Waals surface area contributed by atoms with Gasteiger partial charge in [0.15, 0.2) is 0 Å². The van der Waals surface area contributed by atoms with Crippen LogP contribution >= 0.6 is 0 Å². The van der Waals surface area contributed by atoms with Crippen LogP contribution in [0.1, 0.15) is 52.9 Å². The second-order valence-electron chi connectivity index (χ2n) is 6.28. The van der Waals surface area contributed by atoms with Crippen molar-refractivity contribution in [2.24, 2.45) is 17.6 Å². The summed E-state index contributed by atoms with van der Waals surface area (Å²) in [5, 5.41) is 5.65. The summed E-state index contributed by atoms with van der Waals surface area (Å²) in [6.07, 6.45) is 5.85. The zero-order valence-electron chi connectivity index (χ0n) is 12.9. The zero-order chi connectivity index (χ0) is 15.1. The third kappa shape index (κ3) is 5.49. The Morgan fingerprint density at radius 1 is 1.20 bits per heavy atom. The second kappa shape index (κ2) is 8.25. The standard InChI is InChI=1S/C15H29N3O2/c1-10(2)14(16)15(20)17-9-13(19)18-12-8-6-4-5-7-11(12)3/h10-12,14H,4-9,16H2,1-3H3,(H,17,20)(H,18,19)/t11?,12?,14-/m0/s1. The lowest BCUT2D eigenvalue weighted by molar-refractivity contribution is -0.127. The molecule has 0 aromatic rings. The molecule has 4 N–H and O–H groups in total. The van der Waals surface area contributed by atoms with Crippen LogP contribution < -0.4 is 16.4 Å². The van der Waals surface area contributed by atoms with Crippen molar-refractivity contribution in [3.63, 3.8) is 0 Å². The Labute approximate surface area is 122 Å². The van der Waals surface area contributed by atoms with Crippen molar-refractivity contribution in [3.8, 4) is 0 Å². The summed E-state index contributed by atoms with van der Waals surface area (Å²) in [6, 6.07) is -0.319. The Bertz CT molecular complexity index is 331. The van der Waals surface area contributed by atoms with Gasteiger partial charge in [0, 0.05) is 6.04 Å². The summed E-state index contributed by atoms with van der Waals surface area (Å²) < 4.78 is 0. The highest BCUT2D eigenvalue weighted by atomic mass is 16.2. The van der Waals surface area contributed by atoms with E-state index in [9.17, 15) is 9.59 Å². The number of amides is 2. The van der Waals surface area contributed by atoms with Crippen LogP contribution in [0.2, 0.25) is 0 Å². The number of rotatable bonds is 5. The van der Waals surface area contributed by atoms with Crippen LogP contribution in [-0.4, -0.2) is 30.4 Å². The fourth-order valence-corrected chi connectivity index (χ4v) is 2.55. The molecule has 0 saturated heterocycles. The maximum atomic E-state index is 11.9. The van der Waals surface area contributed by atoms with E-state index in [4.69, 9.17) is 5.73 Å². The molecule has 0 spiro atoms. The molecule has 2 unspecified atom stereocenters. The molecule has 0 radical (unpaired) electrons. The molecule has 5 heteroatoms. The topological polar surface area (TPSA) is 84.2 Å². The zero-order valence-corrected chi connectivity index (χ0v) is 12.9. The van der Waals surface area contributed by atoms with Crippen molar-refractivity contribution in [3.05, 3.63) is 0 Å². The van der Waals surface area contributed by atoms with Gasteiger partial charge in [-0.25, -0.2) is 0 Å². The SMILES string of the molecule is CC1CCCCCC1NC(=O)CNC(=O)[C@@H](N)C(C)C. The van der Waals surface area contributed by atoms with Crippen LogP contribution in [0, 0.1) is 11.8 Å². The molecular weight excluding hydrogens is 254 g/mol. The predicted molar refractivity (Wildman–Crippen MR) is 80.0 cm³/mol. The smallest absolute Gasteiger partial charge is 0.239 e. The van der Waals surface area contributed by atoms with Gasteiger partial charge in [-0.2, -0.15) is 0 Å². The van der Waals surface area contributed by atoms with Gasteiger partial charge in [-0.15, -0.1) is 0 Å². The van der Waals surface area contributed by atoms with E-state index in [0.717, 1.165) is 12.8 Å². The lowest BCUT2D eigenvalue weighted by Gasteiger charge is -2.23. The summed E-state index contributed by atoms with van der Waals surface area (Å²) in [5.41, 5.74) is 5.73. The van der Waals surface area contributed by atoms with Crippen molar-refractivity contribution in [2.45, 2.75) is 65.0 Å². The van der Waals surface area contributed by atoms with Crippen molar-refractivity contribution in [1.82, 2.24) is 10.6 Å². The molecule has 0 heterocycles. The van der Waals surface area contributed by atoms with Crippen LogP contribution in [0.5, 0.6) is 0 Å². The fourth-order valence-electron chi connectivity index (χ4n) is 2.55. The van der Waals surface area contributed by atoms with Crippen molar-refractivity contribution in [1.29, 1.82) is 0 Å². The molecule has 20 heavy (non-hydrogen) atoms. The van der Waals surface area contributed by atoms with Crippen LogP contribution in [0.15, 0.2) is 0 Å². The molecule has 0 aromatic carbocycles. The van der Waals surface area contributed by atoms with Gasteiger partial charge >= 0.3 is 0 Å². The Morgan fingerprint density at radius 2 is 1.85 bits per heavy atom. The van der Waals surface area contributed by atoms with E-state index in [1.807, 2.05) is 13.8 Å². The van der Waals surface area contributed by atoms with Crippen LogP contribution in [0.3, 0.4) is 0 Å². The van der Waals surface area contributed by atoms with Crippen LogP contribution in [0.4, 0.5) is 0 Å². The molecule has 0 aromatic heterocycles. The minimum atomic E-state index is -0.556. The van der Waals surface area contributed by atoms with Crippen molar-refractivity contribution < 1.29 is 9.59 Å². The van der Waals surface area contributed by atoms with E-state index in [1.54, 1.807) is 0 Å². The van der Waals surface area contributed by atoms with Gasteiger partial charge in [-0.3, -0.25) is 9.59 Å². The number of nitrogens with two attached hydrogens (primary N) is 1. The first-order valence-electron chi connectivity index (χ1n) is 7.74. The highest BCUT2D eigenvalue weighted by Crippen LogP contribution is 2.22. The maximum absolute atomic E-state index is 11.9. The van der Waals surface area contributed by atoms with E-state index in [1.165, 1.54) is 19.3 Å². The Hall–Kier alpha value is -1.10. The van der Waals surface area contributed by atoms with Crippen molar-refractivity contribution in [2.75, 3.05) is 6.54 Å². The average molecular weight is 283 g/mol. The van der Waals surface area contributed by atoms with E-state index in [2.05, 4.69) is 17.6 Å². The molecule has 116 valence electrons. The van der Waals surface area contributed by atoms with Gasteiger partial charge in [0.25, 0.3) is 0 Å². The molecule has 2 amide bonds. The Balaban J connectivity index is 2.34. The third-order valence-electron chi connectivity index (χ3n) is 4.15. The summed E-state index contributed by atoms with van der Waals surface area (Å²) in [6.45, 7) is 5.97. The first-order valence-corrected chi connectivity index (χ1v) is 7.74. The number of hydrogen-bond acceptors (Lipinski definition) is 3. The molecular formula is C15H29N3O2. The second-order valence-corrected chi connectivity index (χ2v) is 6.28. The van der Waals surface area contributed by atoms with E-state index in [-0.39, 0.29) is 30.3 Å². The first-order chi connectivity index (χ1) is 9.41. The monoisotopic (exact) mass is 283 g/mol. The lowest BCUT2D eigenvalue weighted by Crippen LogP contribution is -2.49. The largest absolute Gasteiger partial charge is 0.352 e. The molecule has 1 saturated carbocycles. The van der Waals surface area contributed by atoms with E-state index in [0.29, 0.717) is 5.92 Å². The Morgan fingerprint density at radius 3 is 2.50 bits per heavy atom. The summed E-state index contributed by atoms with van der Waals surface area (Å²) in [7, 11) is 0. The van der Waals surface area contributed by atoms with E-state index < -0.39 is 6.04 Å². The van der Waals surface area contributed by atoms with Crippen LogP contribution in [0.25, 0.3) is 0 Å². The summed E-state index contributed by atoms with van der Waals surface area (Å²) in [4.78, 5) is 23.6. The molecule has 0 aliphatic heterocycles. The molecule has 5 nitrogen and oxygen atoms in total. The normalized spacial score (nSPS) is 24.9. The van der Waals surface area contributed by atoms with Gasteiger partial charge in [0.05, 0.1) is 12.6 Å². The van der Waals surface area contributed by atoms with Gasteiger partial charge < -0.3 is 16.4 Å². The predicted octanol–water partition coefficient (Wildman–Crippen LogP) is 1.17. The van der Waals surface area contributed by atoms with Gasteiger partial charge in [0.2, 0.25) is 11.8 Å². The van der Waals surface area contributed by atoms with E-state index >= 15 is 0 Å². The molecule has 0 bridgehead atoms. The first kappa shape index (κ1) is 17.0. The highest BCUT2D eigenvalue weighted by molar-refractivity contribution is 5.87. The number of carbonyl (C=O) groups is 2. The van der Waals surface area contributed by atoms with Gasteiger partial charge in [0.1, 0.15) is 0 Å². The quantitative estimate of drug-likeness (QED) is 0.662. The molecule has 3 atom stereocenters. The lowest BCUT2D eigenvalue weighted by atomic mass is 9.97.